The van der Waals surface area contributed by atoms with Crippen LogP contribution in [-0.2, 0) is 6.54 Å². The van der Waals surface area contributed by atoms with E-state index in [1.54, 1.807) is 6.20 Å². The van der Waals surface area contributed by atoms with Crippen molar-refractivity contribution in [3.63, 3.8) is 0 Å². The molecule has 2 rings (SSSR count). The lowest BCUT2D eigenvalue weighted by atomic mass is 10.2. The smallest absolute Gasteiger partial charge is 0.0403 e. The molecule has 16 heavy (non-hydrogen) atoms. The fourth-order valence-corrected chi connectivity index (χ4v) is 1.57. The average molecular weight is 213 g/mol. The van der Waals surface area contributed by atoms with E-state index in [4.69, 9.17) is 5.73 Å². The fourth-order valence-electron chi connectivity index (χ4n) is 1.57. The van der Waals surface area contributed by atoms with Gasteiger partial charge in [0.1, 0.15) is 0 Å². The van der Waals surface area contributed by atoms with Gasteiger partial charge in [-0.3, -0.25) is 4.98 Å². The molecule has 1 aromatic heterocycles. The van der Waals surface area contributed by atoms with E-state index in [1.807, 2.05) is 37.4 Å². The summed E-state index contributed by atoms with van der Waals surface area (Å²) in [5.74, 6) is 0. The van der Waals surface area contributed by atoms with Crippen molar-refractivity contribution in [1.82, 2.24) is 4.98 Å². The number of pyridine rings is 1. The van der Waals surface area contributed by atoms with Gasteiger partial charge in [0.15, 0.2) is 0 Å². The van der Waals surface area contributed by atoms with Crippen LogP contribution in [0.3, 0.4) is 0 Å². The number of hydrogen-bond donors (Lipinski definition) is 2. The molecule has 0 aliphatic heterocycles. The molecule has 0 saturated heterocycles. The molecule has 3 heteroatoms. The molecule has 2 aromatic rings. The Morgan fingerprint density at radius 1 is 1.31 bits per heavy atom. The van der Waals surface area contributed by atoms with Crippen molar-refractivity contribution in [2.45, 2.75) is 13.5 Å². The fraction of sp³-hybridized carbons (Fsp3) is 0.154. The Kier molecular flexibility index (Phi) is 3.05. The van der Waals surface area contributed by atoms with Gasteiger partial charge in [0, 0.05) is 30.3 Å². The van der Waals surface area contributed by atoms with Crippen molar-refractivity contribution < 1.29 is 0 Å². The maximum absolute atomic E-state index is 5.72. The second-order valence-electron chi connectivity index (χ2n) is 3.79. The van der Waals surface area contributed by atoms with Gasteiger partial charge in [-0.05, 0) is 36.2 Å². The highest BCUT2D eigenvalue weighted by Gasteiger charge is 1.97. The number of anilines is 2. The van der Waals surface area contributed by atoms with Crippen LogP contribution in [0, 0.1) is 6.92 Å². The number of nitrogen functional groups attached to an aromatic ring is 1. The van der Waals surface area contributed by atoms with Crippen LogP contribution >= 0.6 is 0 Å². The van der Waals surface area contributed by atoms with Gasteiger partial charge >= 0.3 is 0 Å². The Hall–Kier alpha value is -2.03. The molecule has 0 radical (unpaired) electrons. The normalized spacial score (nSPS) is 10.1. The summed E-state index contributed by atoms with van der Waals surface area (Å²) in [4.78, 5) is 4.05. The van der Waals surface area contributed by atoms with E-state index in [1.165, 1.54) is 5.56 Å². The minimum absolute atomic E-state index is 0.774. The first-order valence-electron chi connectivity index (χ1n) is 5.24. The molecule has 1 aromatic carbocycles. The number of rotatable bonds is 3. The predicted octanol–water partition coefficient (Wildman–Crippen LogP) is 2.58. The topological polar surface area (TPSA) is 50.9 Å². The Labute approximate surface area is 95.3 Å². The van der Waals surface area contributed by atoms with Crippen LogP contribution in [0.5, 0.6) is 0 Å². The molecule has 1 heterocycles. The van der Waals surface area contributed by atoms with E-state index in [0.717, 1.165) is 23.5 Å². The number of nitrogens with two attached hydrogens (primary N) is 1. The first-order valence-corrected chi connectivity index (χ1v) is 5.24. The third-order valence-corrected chi connectivity index (χ3v) is 2.45. The highest BCUT2D eigenvalue weighted by molar-refractivity contribution is 5.49. The molecule has 0 aliphatic carbocycles. The minimum Gasteiger partial charge on any atom is -0.399 e. The average Bonchev–Trinajstić information content (AvgIpc) is 2.28. The maximum Gasteiger partial charge on any atom is 0.0403 e. The zero-order valence-electron chi connectivity index (χ0n) is 9.27. The van der Waals surface area contributed by atoms with Crippen LogP contribution in [0.2, 0.25) is 0 Å². The van der Waals surface area contributed by atoms with E-state index in [0.29, 0.717) is 0 Å². The minimum atomic E-state index is 0.774. The van der Waals surface area contributed by atoms with Crippen molar-refractivity contribution in [3.05, 3.63) is 53.9 Å². The van der Waals surface area contributed by atoms with Gasteiger partial charge in [0.05, 0.1) is 0 Å². The summed E-state index contributed by atoms with van der Waals surface area (Å²) in [5, 5.41) is 3.36. The lowest BCUT2D eigenvalue weighted by molar-refractivity contribution is 1.13. The SMILES string of the molecule is Cc1cnccc1NCc1cccc(N)c1. The van der Waals surface area contributed by atoms with Gasteiger partial charge < -0.3 is 11.1 Å². The van der Waals surface area contributed by atoms with E-state index in [2.05, 4.69) is 16.4 Å². The van der Waals surface area contributed by atoms with E-state index in [-0.39, 0.29) is 0 Å². The maximum atomic E-state index is 5.72. The Bertz CT molecular complexity index is 480. The summed E-state index contributed by atoms with van der Waals surface area (Å²) in [5.41, 5.74) is 9.95. The third-order valence-electron chi connectivity index (χ3n) is 2.45. The molecule has 0 saturated carbocycles. The molecule has 0 fully saturated rings. The van der Waals surface area contributed by atoms with E-state index in [9.17, 15) is 0 Å². The van der Waals surface area contributed by atoms with Crippen molar-refractivity contribution in [2.24, 2.45) is 0 Å². The molecule has 0 spiro atoms. The quantitative estimate of drug-likeness (QED) is 0.770. The summed E-state index contributed by atoms with van der Waals surface area (Å²) in [6, 6.07) is 9.86. The number of aryl methyl sites for hydroxylation is 1. The number of aromatic nitrogens is 1. The van der Waals surface area contributed by atoms with Gasteiger partial charge in [-0.25, -0.2) is 0 Å². The van der Waals surface area contributed by atoms with Crippen molar-refractivity contribution in [1.29, 1.82) is 0 Å². The summed E-state index contributed by atoms with van der Waals surface area (Å²) >= 11 is 0. The Balaban J connectivity index is 2.05. The highest BCUT2D eigenvalue weighted by atomic mass is 14.9. The molecule has 3 N–H and O–H groups in total. The second-order valence-corrected chi connectivity index (χ2v) is 3.79. The largest absolute Gasteiger partial charge is 0.399 e. The summed E-state index contributed by atoms with van der Waals surface area (Å²) in [6.07, 6.45) is 3.64. The van der Waals surface area contributed by atoms with E-state index < -0.39 is 0 Å². The van der Waals surface area contributed by atoms with Crippen LogP contribution in [0.25, 0.3) is 0 Å². The zero-order chi connectivity index (χ0) is 11.4. The Morgan fingerprint density at radius 3 is 2.94 bits per heavy atom. The van der Waals surface area contributed by atoms with Crippen LogP contribution in [0.4, 0.5) is 11.4 Å². The summed E-state index contributed by atoms with van der Waals surface area (Å²) in [6.45, 7) is 2.81. The van der Waals surface area contributed by atoms with Crippen LogP contribution in [0.1, 0.15) is 11.1 Å². The molecule has 0 unspecified atom stereocenters. The van der Waals surface area contributed by atoms with Crippen LogP contribution in [0.15, 0.2) is 42.7 Å². The van der Waals surface area contributed by atoms with Crippen molar-refractivity contribution in [2.75, 3.05) is 11.1 Å². The first kappa shape index (κ1) is 10.5. The molecule has 82 valence electrons. The van der Waals surface area contributed by atoms with Gasteiger partial charge in [-0.2, -0.15) is 0 Å². The monoisotopic (exact) mass is 213 g/mol. The van der Waals surface area contributed by atoms with Crippen molar-refractivity contribution >= 4 is 11.4 Å². The number of hydrogen-bond acceptors (Lipinski definition) is 3. The molecule has 0 atom stereocenters. The molecular formula is C13H15N3. The van der Waals surface area contributed by atoms with Gasteiger partial charge in [-0.15, -0.1) is 0 Å². The summed E-state index contributed by atoms with van der Waals surface area (Å²) in [7, 11) is 0. The van der Waals surface area contributed by atoms with Gasteiger partial charge in [0.2, 0.25) is 0 Å². The second kappa shape index (κ2) is 4.66. The molecule has 0 amide bonds. The van der Waals surface area contributed by atoms with Gasteiger partial charge in [-0.1, -0.05) is 12.1 Å². The zero-order valence-corrected chi connectivity index (χ0v) is 9.27. The van der Waals surface area contributed by atoms with Crippen LogP contribution < -0.4 is 11.1 Å². The molecule has 0 aliphatic rings. The number of nitrogens with zero attached hydrogens (tertiary/aromatic N) is 1. The lowest BCUT2D eigenvalue weighted by Gasteiger charge is -2.09. The van der Waals surface area contributed by atoms with Crippen molar-refractivity contribution in [3.8, 4) is 0 Å². The predicted molar refractivity (Wildman–Crippen MR) is 67.2 cm³/mol. The molecule has 0 bridgehead atoms. The number of nitrogens with one attached hydrogen (secondary N) is 1. The van der Waals surface area contributed by atoms with E-state index >= 15 is 0 Å². The van der Waals surface area contributed by atoms with Crippen LogP contribution in [-0.4, -0.2) is 4.98 Å². The standard InChI is InChI=1S/C13H15N3/c1-10-8-15-6-5-13(10)16-9-11-3-2-4-12(14)7-11/h2-8H,9,14H2,1H3,(H,15,16). The molecular weight excluding hydrogens is 198 g/mol. The molecule has 3 nitrogen and oxygen atoms in total. The Morgan fingerprint density at radius 2 is 2.19 bits per heavy atom. The summed E-state index contributed by atoms with van der Waals surface area (Å²) < 4.78 is 0. The third kappa shape index (κ3) is 2.51. The van der Waals surface area contributed by atoms with Gasteiger partial charge in [0.25, 0.3) is 0 Å². The first-order chi connectivity index (χ1) is 7.75. The lowest BCUT2D eigenvalue weighted by Crippen LogP contribution is -2.01. The highest BCUT2D eigenvalue weighted by Crippen LogP contribution is 2.14. The number of benzene rings is 1.